The highest BCUT2D eigenvalue weighted by molar-refractivity contribution is 5.79. The Morgan fingerprint density at radius 1 is 0.867 bits per heavy atom. The van der Waals surface area contributed by atoms with E-state index in [0.29, 0.717) is 6.20 Å². The molecule has 1 aromatic heterocycles. The van der Waals surface area contributed by atoms with Gasteiger partial charge in [-0.2, -0.15) is 13.2 Å². The molecule has 1 aromatic carbocycles. The largest absolute Gasteiger partial charge is 0.417 e. The van der Waals surface area contributed by atoms with Crippen LogP contribution in [0.4, 0.5) is 40.9 Å². The second-order valence-electron chi connectivity index (χ2n) is 6.50. The van der Waals surface area contributed by atoms with Crippen LogP contribution in [0.5, 0.6) is 0 Å². The van der Waals surface area contributed by atoms with Crippen LogP contribution >= 0.6 is 0 Å². The Kier molecular flexibility index (Phi) is 5.86. The molecule has 30 heavy (non-hydrogen) atoms. The molecule has 0 spiro atoms. The number of carbonyl (C=O) groups excluding carboxylic acids is 1. The van der Waals surface area contributed by atoms with Crippen molar-refractivity contribution in [2.45, 2.75) is 12.6 Å². The molecule has 0 saturated carbocycles. The van der Waals surface area contributed by atoms with Crippen LogP contribution in [-0.2, 0) is 17.4 Å². The van der Waals surface area contributed by atoms with Crippen LogP contribution in [0, 0.1) is 29.1 Å². The topological polar surface area (TPSA) is 36.4 Å². The second-order valence-corrected chi connectivity index (χ2v) is 6.50. The molecule has 1 aliphatic heterocycles. The average molecular weight is 439 g/mol. The molecule has 2 aromatic rings. The van der Waals surface area contributed by atoms with Crippen LogP contribution in [0.15, 0.2) is 18.3 Å². The SMILES string of the molecule is O=C(Cc1c(F)c(F)c(F)c(F)c1F)N1CCN(c2ccc(C(F)(F)F)cn2)CC1. The van der Waals surface area contributed by atoms with Crippen LogP contribution in [0.2, 0.25) is 0 Å². The number of anilines is 1. The minimum Gasteiger partial charge on any atom is -0.353 e. The second kappa shape index (κ2) is 8.07. The molecule has 1 amide bonds. The molecule has 0 bridgehead atoms. The van der Waals surface area contributed by atoms with Gasteiger partial charge < -0.3 is 9.80 Å². The molecule has 0 unspecified atom stereocenters. The Hall–Kier alpha value is -2.92. The molecule has 4 nitrogen and oxygen atoms in total. The van der Waals surface area contributed by atoms with Crippen molar-refractivity contribution in [1.82, 2.24) is 9.88 Å². The van der Waals surface area contributed by atoms with E-state index in [1.807, 2.05) is 0 Å². The Morgan fingerprint density at radius 2 is 1.40 bits per heavy atom. The molecule has 0 aliphatic carbocycles. The molecule has 0 atom stereocenters. The lowest BCUT2D eigenvalue weighted by Crippen LogP contribution is -2.49. The lowest BCUT2D eigenvalue weighted by Gasteiger charge is -2.35. The number of amides is 1. The standard InChI is InChI=1S/C18H13F8N3O/c19-13-10(14(20)16(22)17(23)15(13)21)7-12(30)29-5-3-28(4-6-29)11-2-1-9(8-27-11)18(24,25)26/h1-2,8H,3-7H2. The normalized spacial score (nSPS) is 14.9. The van der Waals surface area contributed by atoms with Gasteiger partial charge in [0.05, 0.1) is 12.0 Å². The molecule has 1 fully saturated rings. The average Bonchev–Trinajstić information content (AvgIpc) is 2.73. The number of hydrogen-bond acceptors (Lipinski definition) is 3. The van der Waals surface area contributed by atoms with Crippen LogP contribution in [0.1, 0.15) is 11.1 Å². The molecule has 2 heterocycles. The van der Waals surface area contributed by atoms with Crippen molar-refractivity contribution in [2.75, 3.05) is 31.1 Å². The number of alkyl halides is 3. The number of pyridine rings is 1. The Morgan fingerprint density at radius 3 is 1.87 bits per heavy atom. The van der Waals surface area contributed by atoms with Crippen LogP contribution in [0.25, 0.3) is 0 Å². The Labute approximate surface area is 164 Å². The molecule has 1 aliphatic rings. The number of aromatic nitrogens is 1. The highest BCUT2D eigenvalue weighted by Gasteiger charge is 2.32. The summed E-state index contributed by atoms with van der Waals surface area (Å²) in [6.07, 6.45) is -4.87. The van der Waals surface area contributed by atoms with Gasteiger partial charge in [0.2, 0.25) is 11.7 Å². The van der Waals surface area contributed by atoms with Gasteiger partial charge in [-0.05, 0) is 12.1 Å². The fourth-order valence-corrected chi connectivity index (χ4v) is 2.99. The molecule has 0 radical (unpaired) electrons. The van der Waals surface area contributed by atoms with Gasteiger partial charge in [-0.3, -0.25) is 4.79 Å². The predicted molar refractivity (Wildman–Crippen MR) is 88.0 cm³/mol. The Balaban J connectivity index is 1.65. The quantitative estimate of drug-likeness (QED) is 0.416. The Bertz CT molecular complexity index is 924. The first kappa shape index (κ1) is 21.8. The number of rotatable bonds is 3. The highest BCUT2D eigenvalue weighted by Crippen LogP contribution is 2.29. The van der Waals surface area contributed by atoms with Crippen LogP contribution in [-0.4, -0.2) is 42.0 Å². The summed E-state index contributed by atoms with van der Waals surface area (Å²) in [7, 11) is 0. The van der Waals surface area contributed by atoms with E-state index in [1.54, 1.807) is 4.90 Å². The molecular weight excluding hydrogens is 426 g/mol. The number of halogens is 8. The smallest absolute Gasteiger partial charge is 0.353 e. The van der Waals surface area contributed by atoms with Gasteiger partial charge in [0.1, 0.15) is 5.82 Å². The number of benzene rings is 1. The fraction of sp³-hybridized carbons (Fsp3) is 0.333. The van der Waals surface area contributed by atoms with E-state index in [4.69, 9.17) is 0 Å². The van der Waals surface area contributed by atoms with E-state index in [-0.39, 0.29) is 32.0 Å². The van der Waals surface area contributed by atoms with Crippen molar-refractivity contribution in [3.63, 3.8) is 0 Å². The van der Waals surface area contributed by atoms with Gasteiger partial charge in [0, 0.05) is 37.9 Å². The monoisotopic (exact) mass is 439 g/mol. The van der Waals surface area contributed by atoms with Gasteiger partial charge in [-0.25, -0.2) is 26.9 Å². The zero-order chi connectivity index (χ0) is 22.2. The van der Waals surface area contributed by atoms with Gasteiger partial charge >= 0.3 is 6.18 Å². The first-order valence-corrected chi connectivity index (χ1v) is 8.57. The van der Waals surface area contributed by atoms with Crippen molar-refractivity contribution in [3.8, 4) is 0 Å². The van der Waals surface area contributed by atoms with Crippen LogP contribution in [0.3, 0.4) is 0 Å². The molecule has 0 N–H and O–H groups in total. The first-order chi connectivity index (χ1) is 14.0. The predicted octanol–water partition coefficient (Wildman–Crippen LogP) is 3.69. The fourth-order valence-electron chi connectivity index (χ4n) is 2.99. The molecule has 12 heteroatoms. The summed E-state index contributed by atoms with van der Waals surface area (Å²) in [4.78, 5) is 18.8. The van der Waals surface area contributed by atoms with Crippen molar-refractivity contribution in [2.24, 2.45) is 0 Å². The summed E-state index contributed by atoms with van der Waals surface area (Å²) < 4.78 is 105. The molecule has 162 valence electrons. The van der Waals surface area contributed by atoms with E-state index >= 15 is 0 Å². The zero-order valence-corrected chi connectivity index (χ0v) is 15.0. The maximum Gasteiger partial charge on any atom is 0.417 e. The number of piperazine rings is 1. The summed E-state index contributed by atoms with van der Waals surface area (Å²) in [6.45, 7) is 0.357. The summed E-state index contributed by atoms with van der Waals surface area (Å²) >= 11 is 0. The third-order valence-corrected chi connectivity index (χ3v) is 4.66. The summed E-state index contributed by atoms with van der Waals surface area (Å²) in [5.41, 5.74) is -2.13. The third kappa shape index (κ3) is 4.17. The van der Waals surface area contributed by atoms with Crippen molar-refractivity contribution in [3.05, 3.63) is 58.5 Å². The van der Waals surface area contributed by atoms with Crippen molar-refractivity contribution < 1.29 is 39.9 Å². The molecular formula is C18H13F8N3O. The minimum atomic E-state index is -4.53. The van der Waals surface area contributed by atoms with Gasteiger partial charge in [0.25, 0.3) is 0 Å². The van der Waals surface area contributed by atoms with E-state index in [1.165, 1.54) is 11.0 Å². The molecule has 1 saturated heterocycles. The third-order valence-electron chi connectivity index (χ3n) is 4.66. The summed E-state index contributed by atoms with van der Waals surface area (Å²) in [6, 6.07) is 2.04. The van der Waals surface area contributed by atoms with Gasteiger partial charge in [-0.15, -0.1) is 0 Å². The number of hydrogen-bond donors (Lipinski definition) is 0. The van der Waals surface area contributed by atoms with Crippen LogP contribution < -0.4 is 4.90 Å². The van der Waals surface area contributed by atoms with Gasteiger partial charge in [0.15, 0.2) is 23.3 Å². The number of carbonyl (C=O) groups is 1. The minimum absolute atomic E-state index is 0.0247. The van der Waals surface area contributed by atoms with Gasteiger partial charge in [-0.1, -0.05) is 0 Å². The lowest BCUT2D eigenvalue weighted by molar-refractivity contribution is -0.137. The maximum absolute atomic E-state index is 13.7. The van der Waals surface area contributed by atoms with E-state index in [2.05, 4.69) is 4.98 Å². The van der Waals surface area contributed by atoms with E-state index < -0.39 is 58.7 Å². The lowest BCUT2D eigenvalue weighted by atomic mass is 10.1. The zero-order valence-electron chi connectivity index (χ0n) is 15.0. The molecule has 3 rings (SSSR count). The van der Waals surface area contributed by atoms with Crippen molar-refractivity contribution >= 4 is 11.7 Å². The van der Waals surface area contributed by atoms with E-state index in [0.717, 1.165) is 6.07 Å². The highest BCUT2D eigenvalue weighted by atomic mass is 19.4. The summed E-state index contributed by atoms with van der Waals surface area (Å²) in [5.74, 6) is -11.3. The number of nitrogens with zero attached hydrogens (tertiary/aromatic N) is 3. The maximum atomic E-state index is 13.7. The summed E-state index contributed by atoms with van der Waals surface area (Å²) in [5, 5.41) is 0. The first-order valence-electron chi connectivity index (χ1n) is 8.57. The van der Waals surface area contributed by atoms with Crippen molar-refractivity contribution in [1.29, 1.82) is 0 Å². The van der Waals surface area contributed by atoms with E-state index in [9.17, 15) is 39.9 Å².